The van der Waals surface area contributed by atoms with Gasteiger partial charge in [-0.05, 0) is 30.3 Å². The molecule has 0 amide bonds. The lowest BCUT2D eigenvalue weighted by Crippen LogP contribution is -2.30. The maximum absolute atomic E-state index is 14.1. The SMILES string of the molecule is N#Cc1ccc2nc(C(O)(CCl)c3ccc(F)cc3F)sc2c1. The van der Waals surface area contributed by atoms with Crippen molar-refractivity contribution in [2.24, 2.45) is 0 Å². The van der Waals surface area contributed by atoms with Gasteiger partial charge in [-0.2, -0.15) is 5.26 Å². The molecule has 0 radical (unpaired) electrons. The molecule has 0 spiro atoms. The molecular weight excluding hydrogens is 342 g/mol. The Hall–Kier alpha value is -2.07. The highest BCUT2D eigenvalue weighted by atomic mass is 35.5. The highest BCUT2D eigenvalue weighted by molar-refractivity contribution is 7.18. The molecular formula is C16H9ClF2N2OS. The van der Waals surface area contributed by atoms with E-state index in [0.29, 0.717) is 21.8 Å². The van der Waals surface area contributed by atoms with E-state index < -0.39 is 17.2 Å². The van der Waals surface area contributed by atoms with Crippen LogP contribution in [0, 0.1) is 23.0 Å². The van der Waals surface area contributed by atoms with Gasteiger partial charge in [-0.25, -0.2) is 13.8 Å². The molecule has 2 aromatic carbocycles. The number of nitrogens with zero attached hydrogens (tertiary/aromatic N) is 2. The smallest absolute Gasteiger partial charge is 0.157 e. The molecule has 1 heterocycles. The second kappa shape index (κ2) is 5.85. The number of alkyl halides is 1. The van der Waals surface area contributed by atoms with Crippen LogP contribution in [0.25, 0.3) is 10.2 Å². The van der Waals surface area contributed by atoms with Gasteiger partial charge in [0.15, 0.2) is 5.60 Å². The summed E-state index contributed by atoms with van der Waals surface area (Å²) in [5.74, 6) is -1.99. The van der Waals surface area contributed by atoms with Crippen molar-refractivity contribution >= 4 is 33.2 Å². The van der Waals surface area contributed by atoms with Crippen molar-refractivity contribution < 1.29 is 13.9 Å². The normalized spacial score (nSPS) is 13.7. The largest absolute Gasteiger partial charge is 0.376 e. The molecule has 1 aromatic heterocycles. The molecule has 0 aliphatic rings. The van der Waals surface area contributed by atoms with Crippen molar-refractivity contribution in [2.75, 3.05) is 5.88 Å². The Balaban J connectivity index is 2.18. The van der Waals surface area contributed by atoms with E-state index in [1.165, 1.54) is 0 Å². The maximum Gasteiger partial charge on any atom is 0.157 e. The maximum atomic E-state index is 14.1. The highest BCUT2D eigenvalue weighted by Gasteiger charge is 2.37. The second-order valence-corrected chi connectivity index (χ2v) is 6.23. The Labute approximate surface area is 139 Å². The number of aromatic nitrogens is 1. The summed E-state index contributed by atoms with van der Waals surface area (Å²) in [5.41, 5.74) is -1.01. The van der Waals surface area contributed by atoms with E-state index in [0.717, 1.165) is 23.5 Å². The fourth-order valence-corrected chi connectivity index (χ4v) is 3.70. The number of hydrogen-bond acceptors (Lipinski definition) is 4. The van der Waals surface area contributed by atoms with Crippen molar-refractivity contribution in [1.82, 2.24) is 4.98 Å². The Morgan fingerprint density at radius 3 is 2.70 bits per heavy atom. The van der Waals surface area contributed by atoms with Crippen LogP contribution in [0.1, 0.15) is 16.1 Å². The van der Waals surface area contributed by atoms with Crippen LogP contribution in [-0.2, 0) is 5.60 Å². The first-order valence-electron chi connectivity index (χ1n) is 6.53. The van der Waals surface area contributed by atoms with E-state index in [9.17, 15) is 13.9 Å². The van der Waals surface area contributed by atoms with Crippen LogP contribution < -0.4 is 0 Å². The van der Waals surface area contributed by atoms with E-state index in [-0.39, 0.29) is 16.5 Å². The third-order valence-corrected chi connectivity index (χ3v) is 5.00. The predicted molar refractivity (Wildman–Crippen MR) is 84.4 cm³/mol. The fourth-order valence-electron chi connectivity index (χ4n) is 2.24. The zero-order chi connectivity index (χ0) is 16.6. The summed E-state index contributed by atoms with van der Waals surface area (Å²) in [5, 5.41) is 20.0. The molecule has 1 unspecified atom stereocenters. The number of thiazole rings is 1. The van der Waals surface area contributed by atoms with Crippen LogP contribution in [-0.4, -0.2) is 16.0 Å². The van der Waals surface area contributed by atoms with Gasteiger partial charge in [0, 0.05) is 11.6 Å². The van der Waals surface area contributed by atoms with Gasteiger partial charge in [0.2, 0.25) is 0 Å². The lowest BCUT2D eigenvalue weighted by atomic mass is 9.96. The Morgan fingerprint density at radius 1 is 1.26 bits per heavy atom. The number of benzene rings is 2. The van der Waals surface area contributed by atoms with Gasteiger partial charge in [0.05, 0.1) is 27.7 Å². The Kier molecular flexibility index (Phi) is 4.02. The lowest BCUT2D eigenvalue weighted by Gasteiger charge is -2.24. The third-order valence-electron chi connectivity index (χ3n) is 3.44. The summed E-state index contributed by atoms with van der Waals surface area (Å²) < 4.78 is 27.8. The zero-order valence-electron chi connectivity index (χ0n) is 11.6. The summed E-state index contributed by atoms with van der Waals surface area (Å²) in [6.45, 7) is 0. The molecule has 1 N–H and O–H groups in total. The summed E-state index contributed by atoms with van der Waals surface area (Å²) in [6.07, 6.45) is 0. The molecule has 23 heavy (non-hydrogen) atoms. The quantitative estimate of drug-likeness (QED) is 0.728. The molecule has 0 bridgehead atoms. The van der Waals surface area contributed by atoms with Crippen molar-refractivity contribution in [3.8, 4) is 6.07 Å². The number of aliphatic hydroxyl groups is 1. The minimum atomic E-state index is -1.88. The van der Waals surface area contributed by atoms with Gasteiger partial charge in [0.25, 0.3) is 0 Å². The van der Waals surface area contributed by atoms with Crippen molar-refractivity contribution in [3.63, 3.8) is 0 Å². The molecule has 7 heteroatoms. The minimum Gasteiger partial charge on any atom is -0.376 e. The summed E-state index contributed by atoms with van der Waals surface area (Å²) in [4.78, 5) is 4.29. The molecule has 116 valence electrons. The van der Waals surface area contributed by atoms with Gasteiger partial charge in [-0.1, -0.05) is 0 Å². The number of rotatable bonds is 3. The van der Waals surface area contributed by atoms with Crippen LogP contribution in [0.15, 0.2) is 36.4 Å². The van der Waals surface area contributed by atoms with Gasteiger partial charge < -0.3 is 5.11 Å². The fraction of sp³-hybridized carbons (Fsp3) is 0.125. The summed E-state index contributed by atoms with van der Waals surface area (Å²) in [6, 6.07) is 9.79. The molecule has 0 fully saturated rings. The van der Waals surface area contributed by atoms with Gasteiger partial charge in [-0.15, -0.1) is 22.9 Å². The van der Waals surface area contributed by atoms with Crippen molar-refractivity contribution in [1.29, 1.82) is 5.26 Å². The second-order valence-electron chi connectivity index (χ2n) is 4.93. The molecule has 1 atom stereocenters. The average molecular weight is 351 g/mol. The molecule has 0 saturated heterocycles. The van der Waals surface area contributed by atoms with Crippen LogP contribution >= 0.6 is 22.9 Å². The van der Waals surface area contributed by atoms with Gasteiger partial charge in [-0.3, -0.25) is 0 Å². The molecule has 3 aromatic rings. The zero-order valence-corrected chi connectivity index (χ0v) is 13.1. The number of hydrogen-bond donors (Lipinski definition) is 1. The Morgan fingerprint density at radius 2 is 2.04 bits per heavy atom. The number of nitriles is 1. The number of halogens is 3. The standard InChI is InChI=1S/C16H9ClF2N2OS/c17-8-16(22,11-3-2-10(18)6-12(11)19)15-21-13-4-1-9(7-20)5-14(13)23-15/h1-6,22H,8H2. The van der Waals surface area contributed by atoms with E-state index in [1.54, 1.807) is 18.2 Å². The predicted octanol–water partition coefficient (Wildman–Crippen LogP) is 3.92. The average Bonchev–Trinajstić information content (AvgIpc) is 2.97. The Bertz CT molecular complexity index is 937. The van der Waals surface area contributed by atoms with Gasteiger partial charge >= 0.3 is 0 Å². The van der Waals surface area contributed by atoms with Crippen LogP contribution in [0.5, 0.6) is 0 Å². The van der Waals surface area contributed by atoms with Crippen molar-refractivity contribution in [3.05, 3.63) is 64.2 Å². The number of fused-ring (bicyclic) bond motifs is 1. The summed E-state index contributed by atoms with van der Waals surface area (Å²) >= 11 is 6.99. The molecule has 3 rings (SSSR count). The molecule has 3 nitrogen and oxygen atoms in total. The summed E-state index contributed by atoms with van der Waals surface area (Å²) in [7, 11) is 0. The topological polar surface area (TPSA) is 56.9 Å². The third kappa shape index (κ3) is 2.68. The first kappa shape index (κ1) is 15.8. The van der Waals surface area contributed by atoms with Crippen LogP contribution in [0.2, 0.25) is 0 Å². The molecule has 0 aliphatic carbocycles. The van der Waals surface area contributed by atoms with E-state index in [4.69, 9.17) is 16.9 Å². The van der Waals surface area contributed by atoms with Gasteiger partial charge in [0.1, 0.15) is 16.6 Å². The van der Waals surface area contributed by atoms with E-state index >= 15 is 0 Å². The first-order chi connectivity index (χ1) is 11.0. The monoisotopic (exact) mass is 350 g/mol. The van der Waals surface area contributed by atoms with E-state index in [1.807, 2.05) is 6.07 Å². The lowest BCUT2D eigenvalue weighted by molar-refractivity contribution is 0.101. The van der Waals surface area contributed by atoms with Crippen molar-refractivity contribution in [2.45, 2.75) is 5.60 Å². The molecule has 0 saturated carbocycles. The van der Waals surface area contributed by atoms with Crippen LogP contribution in [0.4, 0.5) is 8.78 Å². The molecule has 0 aliphatic heterocycles. The highest BCUT2D eigenvalue weighted by Crippen LogP contribution is 2.37. The van der Waals surface area contributed by atoms with Crippen LogP contribution in [0.3, 0.4) is 0 Å². The van der Waals surface area contributed by atoms with E-state index in [2.05, 4.69) is 4.98 Å². The first-order valence-corrected chi connectivity index (χ1v) is 7.88. The minimum absolute atomic E-state index is 0.145.